The first kappa shape index (κ1) is 25.1. The Hall–Kier alpha value is -0.960. The molecule has 0 aliphatic carbocycles. The van der Waals surface area contributed by atoms with E-state index < -0.39 is 5.60 Å². The van der Waals surface area contributed by atoms with Crippen LogP contribution in [0.4, 0.5) is 0 Å². The van der Waals surface area contributed by atoms with E-state index in [1.54, 1.807) is 19.0 Å². The minimum atomic E-state index is -1.02. The SMILES string of the molecule is CC(C)SC1CC(=O)N(CCC(C)(O)CCN(C)OCCC(=O)C(C)C)C1=O. The molecule has 0 aromatic carbocycles. The monoisotopic (exact) mass is 416 g/mol. The van der Waals surface area contributed by atoms with Gasteiger partial charge in [0.2, 0.25) is 11.8 Å². The van der Waals surface area contributed by atoms with Gasteiger partial charge in [0.1, 0.15) is 5.78 Å². The highest BCUT2D eigenvalue weighted by atomic mass is 32.2. The summed E-state index contributed by atoms with van der Waals surface area (Å²) in [6, 6.07) is 0. The summed E-state index contributed by atoms with van der Waals surface area (Å²) < 4.78 is 0. The average molecular weight is 417 g/mol. The highest BCUT2D eigenvalue weighted by Crippen LogP contribution is 2.29. The molecule has 1 saturated heterocycles. The van der Waals surface area contributed by atoms with Gasteiger partial charge >= 0.3 is 0 Å². The Labute approximate surface area is 173 Å². The van der Waals surface area contributed by atoms with Crippen molar-refractivity contribution in [2.75, 3.05) is 26.7 Å². The van der Waals surface area contributed by atoms with Crippen molar-refractivity contribution >= 4 is 29.4 Å². The molecule has 0 saturated carbocycles. The van der Waals surface area contributed by atoms with Crippen LogP contribution >= 0.6 is 11.8 Å². The van der Waals surface area contributed by atoms with Gasteiger partial charge in [0, 0.05) is 38.9 Å². The van der Waals surface area contributed by atoms with E-state index in [1.165, 1.54) is 16.7 Å². The van der Waals surface area contributed by atoms with E-state index in [4.69, 9.17) is 4.84 Å². The Kier molecular flexibility index (Phi) is 10.1. The molecule has 2 atom stereocenters. The number of amides is 2. The molecule has 1 fully saturated rings. The van der Waals surface area contributed by atoms with E-state index in [2.05, 4.69) is 0 Å². The van der Waals surface area contributed by atoms with E-state index in [-0.39, 0.29) is 47.0 Å². The van der Waals surface area contributed by atoms with Gasteiger partial charge in [0.25, 0.3) is 0 Å². The molecule has 0 aromatic heterocycles. The standard InChI is InChI=1S/C20H36N2O5S/c1-14(2)16(23)7-12-27-21(6)10-8-20(5,26)9-11-22-18(24)13-17(19(22)25)28-15(3)4/h14-15,17,26H,7-13H2,1-6H3. The molecule has 0 bridgehead atoms. The predicted octanol–water partition coefficient (Wildman–Crippen LogP) is 2.27. The lowest BCUT2D eigenvalue weighted by Gasteiger charge is -2.28. The second-order valence-corrected chi connectivity index (χ2v) is 10.1. The number of hydrogen-bond donors (Lipinski definition) is 1. The maximum atomic E-state index is 12.4. The van der Waals surface area contributed by atoms with Crippen LogP contribution in [0, 0.1) is 5.92 Å². The normalized spacial score (nSPS) is 19.9. The van der Waals surface area contributed by atoms with Crippen molar-refractivity contribution in [2.45, 2.75) is 76.4 Å². The summed E-state index contributed by atoms with van der Waals surface area (Å²) in [4.78, 5) is 42.9. The van der Waals surface area contributed by atoms with Crippen molar-refractivity contribution in [3.63, 3.8) is 0 Å². The van der Waals surface area contributed by atoms with Crippen molar-refractivity contribution in [1.29, 1.82) is 0 Å². The number of imide groups is 1. The number of carbonyl (C=O) groups excluding carboxylic acids is 3. The van der Waals surface area contributed by atoms with Crippen LogP contribution in [0.5, 0.6) is 0 Å². The molecular weight excluding hydrogens is 380 g/mol. The van der Waals surface area contributed by atoms with Gasteiger partial charge in [-0.2, -0.15) is 5.06 Å². The number of hydrogen-bond acceptors (Lipinski definition) is 7. The summed E-state index contributed by atoms with van der Waals surface area (Å²) in [6.45, 7) is 10.5. The first-order chi connectivity index (χ1) is 12.9. The van der Waals surface area contributed by atoms with Crippen LogP contribution in [-0.2, 0) is 19.2 Å². The third kappa shape index (κ3) is 8.59. The topological polar surface area (TPSA) is 87.2 Å². The van der Waals surface area contributed by atoms with Crippen LogP contribution in [0.1, 0.15) is 60.3 Å². The van der Waals surface area contributed by atoms with Gasteiger partial charge in [0.05, 0.1) is 17.5 Å². The molecule has 8 heteroatoms. The number of aliphatic hydroxyl groups is 1. The lowest BCUT2D eigenvalue weighted by atomic mass is 9.98. The molecule has 2 amide bonds. The zero-order valence-corrected chi connectivity index (χ0v) is 18.9. The smallest absolute Gasteiger partial charge is 0.242 e. The third-order valence-electron chi connectivity index (χ3n) is 4.78. The maximum Gasteiger partial charge on any atom is 0.242 e. The summed E-state index contributed by atoms with van der Waals surface area (Å²) in [7, 11) is 1.76. The van der Waals surface area contributed by atoms with E-state index in [0.717, 1.165) is 0 Å². The molecule has 7 nitrogen and oxygen atoms in total. The highest BCUT2D eigenvalue weighted by Gasteiger charge is 2.39. The molecule has 1 aliphatic rings. The number of carbonyl (C=O) groups is 3. The van der Waals surface area contributed by atoms with Crippen LogP contribution in [0.15, 0.2) is 0 Å². The van der Waals surface area contributed by atoms with Gasteiger partial charge in [-0.25, -0.2) is 0 Å². The minimum absolute atomic E-state index is 0.00387. The molecule has 0 radical (unpaired) electrons. The molecule has 1 rings (SSSR count). The zero-order chi connectivity index (χ0) is 21.5. The van der Waals surface area contributed by atoms with Crippen LogP contribution in [-0.4, -0.2) is 75.5 Å². The number of hydroxylamine groups is 2. The van der Waals surface area contributed by atoms with Crippen molar-refractivity contribution in [3.8, 4) is 0 Å². The summed E-state index contributed by atoms with van der Waals surface area (Å²) in [6.07, 6.45) is 1.37. The average Bonchev–Trinajstić information content (AvgIpc) is 2.84. The first-order valence-electron chi connectivity index (χ1n) is 10.0. The molecule has 28 heavy (non-hydrogen) atoms. The molecule has 1 N–H and O–H groups in total. The van der Waals surface area contributed by atoms with Gasteiger partial charge in [0.15, 0.2) is 0 Å². The van der Waals surface area contributed by atoms with E-state index in [9.17, 15) is 19.5 Å². The number of Topliss-reactive ketones (excluding diaryl/α,β-unsaturated/α-hetero) is 1. The highest BCUT2D eigenvalue weighted by molar-refractivity contribution is 8.01. The van der Waals surface area contributed by atoms with Crippen molar-refractivity contribution < 1.29 is 24.3 Å². The fraction of sp³-hybridized carbons (Fsp3) is 0.850. The number of rotatable bonds is 13. The number of likely N-dealkylation sites (tertiary alicyclic amines) is 1. The fourth-order valence-corrected chi connectivity index (χ4v) is 3.99. The van der Waals surface area contributed by atoms with Crippen LogP contribution < -0.4 is 0 Å². The Morgan fingerprint density at radius 3 is 2.54 bits per heavy atom. The first-order valence-corrected chi connectivity index (χ1v) is 11.0. The van der Waals surface area contributed by atoms with Crippen molar-refractivity contribution in [1.82, 2.24) is 9.96 Å². The van der Waals surface area contributed by atoms with E-state index in [1.807, 2.05) is 27.7 Å². The molecular formula is C20H36N2O5S. The summed E-state index contributed by atoms with van der Waals surface area (Å²) in [5, 5.41) is 12.2. The zero-order valence-electron chi connectivity index (χ0n) is 18.1. The minimum Gasteiger partial charge on any atom is -0.390 e. The second-order valence-electron chi connectivity index (χ2n) is 8.31. The summed E-state index contributed by atoms with van der Waals surface area (Å²) in [5.74, 6) is -0.137. The van der Waals surface area contributed by atoms with E-state index in [0.29, 0.717) is 32.4 Å². The number of thioether (sulfide) groups is 1. The molecule has 162 valence electrons. The van der Waals surface area contributed by atoms with Crippen LogP contribution in [0.25, 0.3) is 0 Å². The maximum absolute atomic E-state index is 12.4. The molecule has 2 unspecified atom stereocenters. The van der Waals surface area contributed by atoms with Crippen LogP contribution in [0.3, 0.4) is 0 Å². The molecule has 1 heterocycles. The summed E-state index contributed by atoms with van der Waals surface area (Å²) >= 11 is 1.51. The van der Waals surface area contributed by atoms with Gasteiger partial charge in [-0.15, -0.1) is 11.8 Å². The van der Waals surface area contributed by atoms with Crippen molar-refractivity contribution in [3.05, 3.63) is 0 Å². The van der Waals surface area contributed by atoms with Gasteiger partial charge in [-0.3, -0.25) is 24.1 Å². The van der Waals surface area contributed by atoms with Gasteiger partial charge in [-0.1, -0.05) is 27.7 Å². The van der Waals surface area contributed by atoms with Gasteiger partial charge < -0.3 is 5.11 Å². The quantitative estimate of drug-likeness (QED) is 0.364. The van der Waals surface area contributed by atoms with Gasteiger partial charge in [-0.05, 0) is 25.0 Å². The van der Waals surface area contributed by atoms with E-state index >= 15 is 0 Å². The number of ketones is 1. The Bertz CT molecular complexity index is 551. The molecule has 0 aromatic rings. The Morgan fingerprint density at radius 2 is 1.96 bits per heavy atom. The predicted molar refractivity (Wildman–Crippen MR) is 111 cm³/mol. The summed E-state index contributed by atoms with van der Waals surface area (Å²) in [5.41, 5.74) is -1.02. The Balaban J connectivity index is 2.36. The van der Waals surface area contributed by atoms with Crippen LogP contribution in [0.2, 0.25) is 0 Å². The second kappa shape index (κ2) is 11.3. The Morgan fingerprint density at radius 1 is 1.32 bits per heavy atom. The lowest BCUT2D eigenvalue weighted by Crippen LogP contribution is -2.38. The number of nitrogens with zero attached hydrogens (tertiary/aromatic N) is 2. The lowest BCUT2D eigenvalue weighted by molar-refractivity contribution is -0.154. The largest absolute Gasteiger partial charge is 0.390 e. The molecule has 1 aliphatic heterocycles. The third-order valence-corrected chi connectivity index (χ3v) is 6.02. The van der Waals surface area contributed by atoms with Crippen molar-refractivity contribution in [2.24, 2.45) is 5.92 Å². The molecule has 0 spiro atoms. The fourth-order valence-electron chi connectivity index (χ4n) is 2.85.